The van der Waals surface area contributed by atoms with Gasteiger partial charge in [0, 0.05) is 0 Å². The van der Waals surface area contributed by atoms with Gasteiger partial charge in [0.25, 0.3) is 0 Å². The largest absolute Gasteiger partial charge is 0.480 e. The fourth-order valence-electron chi connectivity index (χ4n) is 3.00. The Morgan fingerprint density at radius 1 is 1.27 bits per heavy atom. The maximum Gasteiger partial charge on any atom is 0.416 e. The number of carboxylic acids is 1. The highest BCUT2D eigenvalue weighted by molar-refractivity contribution is 5.85. The summed E-state index contributed by atoms with van der Waals surface area (Å²) in [4.78, 5) is 25.2. The van der Waals surface area contributed by atoms with Crippen molar-refractivity contribution in [3.05, 3.63) is 47.0 Å². The van der Waals surface area contributed by atoms with Crippen LogP contribution >= 0.6 is 0 Å². The summed E-state index contributed by atoms with van der Waals surface area (Å²) in [6.45, 7) is 1.49. The number of aromatic nitrogens is 3. The predicted octanol–water partition coefficient (Wildman–Crippen LogP) is 1.64. The number of nitrogens with zero attached hydrogens (tertiary/aromatic N) is 4. The van der Waals surface area contributed by atoms with E-state index in [9.17, 15) is 27.9 Å². The van der Waals surface area contributed by atoms with Crippen molar-refractivity contribution in [1.29, 1.82) is 0 Å². The number of aliphatic carboxylic acids is 1. The van der Waals surface area contributed by atoms with Gasteiger partial charge in [-0.1, -0.05) is 18.2 Å². The lowest BCUT2D eigenvalue weighted by Gasteiger charge is -2.33. The minimum atomic E-state index is -4.59. The molecule has 0 fully saturated rings. The Hall–Kier alpha value is -2.91. The molecule has 138 valence electrons. The summed E-state index contributed by atoms with van der Waals surface area (Å²) in [5.41, 5.74) is -1.10. The summed E-state index contributed by atoms with van der Waals surface area (Å²) in [5, 5.41) is 17.2. The van der Waals surface area contributed by atoms with E-state index in [2.05, 4.69) is 10.2 Å². The predicted molar refractivity (Wildman–Crippen MR) is 81.9 cm³/mol. The van der Waals surface area contributed by atoms with Crippen LogP contribution in [-0.4, -0.2) is 42.7 Å². The molecule has 1 N–H and O–H groups in total. The van der Waals surface area contributed by atoms with Crippen LogP contribution in [-0.2, 0) is 35.3 Å². The second-order valence-corrected chi connectivity index (χ2v) is 5.98. The van der Waals surface area contributed by atoms with E-state index in [1.54, 1.807) is 11.5 Å². The van der Waals surface area contributed by atoms with Crippen LogP contribution in [0, 0.1) is 6.92 Å². The molecule has 2 aromatic rings. The van der Waals surface area contributed by atoms with Crippen molar-refractivity contribution in [3.8, 4) is 0 Å². The van der Waals surface area contributed by atoms with Crippen LogP contribution in [0.5, 0.6) is 0 Å². The zero-order valence-electron chi connectivity index (χ0n) is 13.7. The van der Waals surface area contributed by atoms with E-state index < -0.39 is 36.1 Å². The molecule has 2 heterocycles. The van der Waals surface area contributed by atoms with Gasteiger partial charge >= 0.3 is 12.1 Å². The fraction of sp³-hybridized carbons (Fsp3) is 0.375. The summed E-state index contributed by atoms with van der Waals surface area (Å²) in [5.74, 6) is -1.03. The third-order valence-electron chi connectivity index (χ3n) is 4.33. The Bertz CT molecular complexity index is 863. The molecule has 7 nitrogen and oxygen atoms in total. The Labute approximate surface area is 146 Å². The van der Waals surface area contributed by atoms with Crippen LogP contribution in [0.3, 0.4) is 0 Å². The van der Waals surface area contributed by atoms with Crippen LogP contribution < -0.4 is 0 Å². The second kappa shape index (κ2) is 6.43. The zero-order valence-corrected chi connectivity index (χ0v) is 13.7. The third kappa shape index (κ3) is 3.26. The quantitative estimate of drug-likeness (QED) is 0.890. The molecule has 1 atom stereocenters. The van der Waals surface area contributed by atoms with Crippen LogP contribution in [0.4, 0.5) is 13.2 Å². The van der Waals surface area contributed by atoms with Crippen LogP contribution in [0.25, 0.3) is 0 Å². The number of halogens is 3. The van der Waals surface area contributed by atoms with E-state index in [-0.39, 0.29) is 18.7 Å². The number of carbonyl (C=O) groups excluding carboxylic acids is 1. The van der Waals surface area contributed by atoms with Crippen LogP contribution in [0.15, 0.2) is 24.3 Å². The highest BCUT2D eigenvalue weighted by Gasteiger charge is 2.38. The Morgan fingerprint density at radius 2 is 1.96 bits per heavy atom. The number of hydrogen-bond donors (Lipinski definition) is 1. The van der Waals surface area contributed by atoms with E-state index in [4.69, 9.17) is 0 Å². The number of aryl methyl sites for hydroxylation is 1. The molecule has 26 heavy (non-hydrogen) atoms. The lowest BCUT2D eigenvalue weighted by atomic mass is 10.0. The zero-order chi connectivity index (χ0) is 19.1. The van der Waals surface area contributed by atoms with Crippen molar-refractivity contribution >= 4 is 11.9 Å². The molecule has 0 aliphatic carbocycles. The highest BCUT2D eigenvalue weighted by Crippen LogP contribution is 2.32. The number of carboxylic acid groups (broad SMARTS) is 1. The number of rotatable bonds is 3. The molecule has 0 spiro atoms. The molecule has 3 rings (SSSR count). The Morgan fingerprint density at radius 3 is 2.62 bits per heavy atom. The first kappa shape index (κ1) is 17.9. The molecular formula is C16H15F3N4O3. The molecule has 0 bridgehead atoms. The van der Waals surface area contributed by atoms with Gasteiger partial charge in [0.1, 0.15) is 11.9 Å². The number of fused-ring (bicyclic) bond motifs is 1. The van der Waals surface area contributed by atoms with E-state index in [1.807, 2.05) is 0 Å². The number of hydrogen-bond acceptors (Lipinski definition) is 4. The molecule has 0 radical (unpaired) electrons. The van der Waals surface area contributed by atoms with Crippen molar-refractivity contribution in [2.75, 3.05) is 0 Å². The van der Waals surface area contributed by atoms with Crippen molar-refractivity contribution in [2.24, 2.45) is 0 Å². The van der Waals surface area contributed by atoms with Gasteiger partial charge in [-0.05, 0) is 18.6 Å². The first-order valence-corrected chi connectivity index (χ1v) is 7.74. The van der Waals surface area contributed by atoms with Gasteiger partial charge in [-0.15, -0.1) is 10.2 Å². The lowest BCUT2D eigenvalue weighted by molar-refractivity contribution is -0.152. The van der Waals surface area contributed by atoms with Gasteiger partial charge in [0.2, 0.25) is 5.91 Å². The topological polar surface area (TPSA) is 88.3 Å². The van der Waals surface area contributed by atoms with E-state index in [1.165, 1.54) is 18.2 Å². The van der Waals surface area contributed by atoms with Crippen molar-refractivity contribution in [3.63, 3.8) is 0 Å². The minimum absolute atomic E-state index is 0.0455. The molecule has 0 saturated heterocycles. The summed E-state index contributed by atoms with van der Waals surface area (Å²) in [6, 6.07) is 3.56. The highest BCUT2D eigenvalue weighted by atomic mass is 19.4. The fourth-order valence-corrected chi connectivity index (χ4v) is 3.00. The third-order valence-corrected chi connectivity index (χ3v) is 4.33. The Balaban J connectivity index is 1.89. The number of benzene rings is 1. The van der Waals surface area contributed by atoms with Gasteiger partial charge in [0.15, 0.2) is 5.82 Å². The van der Waals surface area contributed by atoms with Crippen molar-refractivity contribution in [2.45, 2.75) is 38.7 Å². The van der Waals surface area contributed by atoms with E-state index in [0.29, 0.717) is 11.6 Å². The molecule has 1 amide bonds. The molecule has 1 aliphatic rings. The van der Waals surface area contributed by atoms with Gasteiger partial charge in [-0.25, -0.2) is 4.79 Å². The first-order valence-electron chi connectivity index (χ1n) is 7.74. The number of carbonyl (C=O) groups is 2. The lowest BCUT2D eigenvalue weighted by Crippen LogP contribution is -2.51. The van der Waals surface area contributed by atoms with Crippen molar-refractivity contribution in [1.82, 2.24) is 19.7 Å². The van der Waals surface area contributed by atoms with Crippen molar-refractivity contribution < 1.29 is 27.9 Å². The monoisotopic (exact) mass is 368 g/mol. The average molecular weight is 368 g/mol. The van der Waals surface area contributed by atoms with Crippen LogP contribution in [0.2, 0.25) is 0 Å². The Kier molecular flexibility index (Phi) is 4.43. The van der Waals surface area contributed by atoms with Gasteiger partial charge in [-0.2, -0.15) is 13.2 Å². The smallest absolute Gasteiger partial charge is 0.416 e. The first-order chi connectivity index (χ1) is 12.2. The summed E-state index contributed by atoms with van der Waals surface area (Å²) < 4.78 is 40.9. The van der Waals surface area contributed by atoms with E-state index >= 15 is 0 Å². The maximum absolute atomic E-state index is 13.1. The van der Waals surface area contributed by atoms with E-state index in [0.717, 1.165) is 11.0 Å². The summed E-state index contributed by atoms with van der Waals surface area (Å²) in [7, 11) is 0. The SMILES string of the molecule is Cc1nnc2n1CC(C(=O)O)N(C(=O)Cc1ccccc1C(F)(F)F)C2. The number of alkyl halides is 3. The molecule has 1 aromatic heterocycles. The molecule has 1 unspecified atom stereocenters. The summed E-state index contributed by atoms with van der Waals surface area (Å²) >= 11 is 0. The molecule has 1 aliphatic heterocycles. The second-order valence-electron chi connectivity index (χ2n) is 5.98. The standard InChI is InChI=1S/C16H15F3N4O3/c1-9-20-21-13-8-23(12(15(25)26)7-22(9)13)14(24)6-10-4-2-3-5-11(10)16(17,18)19/h2-5,12H,6-8H2,1H3,(H,25,26). The molecule has 0 saturated carbocycles. The van der Waals surface area contributed by atoms with Gasteiger partial charge in [-0.3, -0.25) is 4.79 Å². The van der Waals surface area contributed by atoms with Gasteiger partial charge < -0.3 is 14.6 Å². The normalized spacial score (nSPS) is 17.1. The maximum atomic E-state index is 13.1. The van der Waals surface area contributed by atoms with Crippen LogP contribution in [0.1, 0.15) is 22.8 Å². The summed E-state index contributed by atoms with van der Waals surface area (Å²) in [6.07, 6.45) is -5.14. The average Bonchev–Trinajstić information content (AvgIpc) is 2.93. The molecular weight excluding hydrogens is 353 g/mol. The minimum Gasteiger partial charge on any atom is -0.480 e. The van der Waals surface area contributed by atoms with Gasteiger partial charge in [0.05, 0.1) is 25.1 Å². The molecule has 10 heteroatoms. The molecule has 1 aromatic carbocycles. The number of amides is 1.